The first kappa shape index (κ1) is 13.4. The molecule has 0 aromatic heterocycles. The number of halogens is 1. The zero-order valence-corrected chi connectivity index (χ0v) is 10.6. The Morgan fingerprint density at radius 2 is 2.28 bits per heavy atom. The van der Waals surface area contributed by atoms with Crippen molar-refractivity contribution in [2.75, 3.05) is 13.2 Å². The smallest absolute Gasteiger partial charge is 0.240 e. The van der Waals surface area contributed by atoms with Crippen molar-refractivity contribution < 1.29 is 18.7 Å². The molecular formula is C12H19FN2O3. The van der Waals surface area contributed by atoms with E-state index in [0.29, 0.717) is 6.42 Å². The number of alkyl halides is 1. The van der Waals surface area contributed by atoms with E-state index in [0.717, 1.165) is 0 Å². The van der Waals surface area contributed by atoms with Crippen molar-refractivity contribution in [2.45, 2.75) is 44.6 Å². The van der Waals surface area contributed by atoms with Crippen molar-refractivity contribution in [3.63, 3.8) is 0 Å². The second-order valence-corrected chi connectivity index (χ2v) is 5.43. The van der Waals surface area contributed by atoms with Gasteiger partial charge in [0.1, 0.15) is 24.9 Å². The first-order valence-electron chi connectivity index (χ1n) is 6.26. The van der Waals surface area contributed by atoms with E-state index in [1.54, 1.807) is 0 Å². The summed E-state index contributed by atoms with van der Waals surface area (Å²) >= 11 is 0. The first-order valence-corrected chi connectivity index (χ1v) is 6.26. The van der Waals surface area contributed by atoms with Crippen molar-refractivity contribution in [2.24, 2.45) is 11.7 Å². The maximum absolute atomic E-state index is 13.7. The predicted octanol–water partition coefficient (Wildman–Crippen LogP) is -0.123. The van der Waals surface area contributed by atoms with Crippen molar-refractivity contribution in [3.8, 4) is 0 Å². The Bertz CT molecular complexity index is 361. The van der Waals surface area contributed by atoms with Gasteiger partial charge in [-0.05, 0) is 12.3 Å². The van der Waals surface area contributed by atoms with Gasteiger partial charge in [0, 0.05) is 0 Å². The minimum absolute atomic E-state index is 0.0916. The maximum Gasteiger partial charge on any atom is 0.240 e. The van der Waals surface area contributed by atoms with Crippen LogP contribution in [0, 0.1) is 5.92 Å². The molecule has 0 bridgehead atoms. The standard InChI is InChI=1S/C12H19FN2O3/c1-6(2)3-8(14)12(17)15-4-7(13)11-10(15)9(16)5-18-11/h6-8,10-11H,3-5,14H2,1-2H3. The molecule has 2 aliphatic heterocycles. The van der Waals surface area contributed by atoms with Crippen LogP contribution < -0.4 is 5.73 Å². The summed E-state index contributed by atoms with van der Waals surface area (Å²) in [5.74, 6) is -0.304. The molecule has 2 saturated heterocycles. The molecule has 0 radical (unpaired) electrons. The van der Waals surface area contributed by atoms with Crippen LogP contribution in [0.2, 0.25) is 0 Å². The van der Waals surface area contributed by atoms with Gasteiger partial charge in [0.25, 0.3) is 0 Å². The average molecular weight is 258 g/mol. The fourth-order valence-corrected chi connectivity index (χ4v) is 2.65. The number of carbonyl (C=O) groups is 2. The molecule has 102 valence electrons. The minimum Gasteiger partial charge on any atom is -0.365 e. The SMILES string of the molecule is CC(C)CC(N)C(=O)N1CC(F)C2OCC(=O)C21. The van der Waals surface area contributed by atoms with E-state index in [1.807, 2.05) is 13.8 Å². The highest BCUT2D eigenvalue weighted by Crippen LogP contribution is 2.30. The summed E-state index contributed by atoms with van der Waals surface area (Å²) in [6.07, 6.45) is -1.57. The van der Waals surface area contributed by atoms with Gasteiger partial charge in [-0.25, -0.2) is 4.39 Å². The quantitative estimate of drug-likeness (QED) is 0.766. The largest absolute Gasteiger partial charge is 0.365 e. The van der Waals surface area contributed by atoms with E-state index in [9.17, 15) is 14.0 Å². The number of nitrogens with two attached hydrogens (primary N) is 1. The van der Waals surface area contributed by atoms with Crippen LogP contribution in [0.5, 0.6) is 0 Å². The normalized spacial score (nSPS) is 33.1. The highest BCUT2D eigenvalue weighted by Gasteiger charge is 2.53. The van der Waals surface area contributed by atoms with Gasteiger partial charge in [-0.15, -0.1) is 0 Å². The Hall–Kier alpha value is -1.01. The van der Waals surface area contributed by atoms with Crippen LogP contribution in [0.4, 0.5) is 4.39 Å². The fraction of sp³-hybridized carbons (Fsp3) is 0.833. The number of hydrogen-bond donors (Lipinski definition) is 1. The van der Waals surface area contributed by atoms with Crippen LogP contribution in [0.15, 0.2) is 0 Å². The number of ether oxygens (including phenoxy) is 1. The summed E-state index contributed by atoms with van der Waals surface area (Å²) in [6.45, 7) is 3.72. The fourth-order valence-electron chi connectivity index (χ4n) is 2.65. The highest BCUT2D eigenvalue weighted by molar-refractivity contribution is 5.94. The van der Waals surface area contributed by atoms with Crippen molar-refractivity contribution in [1.29, 1.82) is 0 Å². The molecule has 2 aliphatic rings. The lowest BCUT2D eigenvalue weighted by molar-refractivity contribution is -0.137. The van der Waals surface area contributed by atoms with E-state index in [1.165, 1.54) is 4.90 Å². The number of Topliss-reactive ketones (excluding diaryl/α,β-unsaturated/α-hetero) is 1. The molecular weight excluding hydrogens is 239 g/mol. The van der Waals surface area contributed by atoms with E-state index in [-0.39, 0.29) is 30.8 Å². The lowest BCUT2D eigenvalue weighted by Gasteiger charge is -2.25. The van der Waals surface area contributed by atoms with Crippen molar-refractivity contribution >= 4 is 11.7 Å². The number of ketones is 1. The van der Waals surface area contributed by atoms with Gasteiger partial charge in [-0.3, -0.25) is 9.59 Å². The number of carbonyl (C=O) groups excluding carboxylic acids is 2. The molecule has 0 aromatic carbocycles. The molecule has 2 rings (SSSR count). The molecule has 6 heteroatoms. The topological polar surface area (TPSA) is 72.6 Å². The number of fused-ring (bicyclic) bond motifs is 1. The monoisotopic (exact) mass is 258 g/mol. The van der Waals surface area contributed by atoms with E-state index < -0.39 is 24.4 Å². The average Bonchev–Trinajstić information content (AvgIpc) is 2.80. The van der Waals surface area contributed by atoms with Crippen molar-refractivity contribution in [3.05, 3.63) is 0 Å². The molecule has 0 aromatic rings. The molecule has 2 fully saturated rings. The van der Waals surface area contributed by atoms with Gasteiger partial charge in [-0.2, -0.15) is 0 Å². The molecule has 0 spiro atoms. The number of nitrogens with zero attached hydrogens (tertiary/aromatic N) is 1. The Kier molecular flexibility index (Phi) is 3.68. The number of rotatable bonds is 3. The third-order valence-electron chi connectivity index (χ3n) is 3.45. The van der Waals surface area contributed by atoms with Crippen LogP contribution in [0.1, 0.15) is 20.3 Å². The first-order chi connectivity index (χ1) is 8.41. The highest BCUT2D eigenvalue weighted by atomic mass is 19.1. The van der Waals surface area contributed by atoms with Crippen LogP contribution in [-0.4, -0.2) is 54.1 Å². The molecule has 4 unspecified atom stereocenters. The predicted molar refractivity (Wildman–Crippen MR) is 62.6 cm³/mol. The minimum atomic E-state index is -1.29. The summed E-state index contributed by atoms with van der Waals surface area (Å²) in [4.78, 5) is 25.0. The summed E-state index contributed by atoms with van der Waals surface area (Å²) in [5.41, 5.74) is 5.81. The maximum atomic E-state index is 13.7. The molecule has 2 N–H and O–H groups in total. The number of amides is 1. The summed E-state index contributed by atoms with van der Waals surface area (Å²) < 4.78 is 18.8. The zero-order valence-electron chi connectivity index (χ0n) is 10.6. The molecule has 5 nitrogen and oxygen atoms in total. The van der Waals surface area contributed by atoms with Crippen LogP contribution in [0.25, 0.3) is 0 Å². The van der Waals surface area contributed by atoms with Gasteiger partial charge in [-0.1, -0.05) is 13.8 Å². The van der Waals surface area contributed by atoms with Crippen LogP contribution in [-0.2, 0) is 14.3 Å². The Balaban J connectivity index is 2.08. The van der Waals surface area contributed by atoms with Crippen LogP contribution >= 0.6 is 0 Å². The van der Waals surface area contributed by atoms with E-state index in [4.69, 9.17) is 10.5 Å². The van der Waals surface area contributed by atoms with Gasteiger partial charge < -0.3 is 15.4 Å². The van der Waals surface area contributed by atoms with Gasteiger partial charge in [0.15, 0.2) is 5.78 Å². The summed E-state index contributed by atoms with van der Waals surface area (Å²) in [6, 6.07) is -1.45. The number of likely N-dealkylation sites (tertiary alicyclic amines) is 1. The zero-order chi connectivity index (χ0) is 13.4. The molecule has 2 heterocycles. The Morgan fingerprint density at radius 3 is 2.89 bits per heavy atom. The molecule has 4 atom stereocenters. The van der Waals surface area contributed by atoms with E-state index >= 15 is 0 Å². The molecule has 1 amide bonds. The Morgan fingerprint density at radius 1 is 1.61 bits per heavy atom. The second-order valence-electron chi connectivity index (χ2n) is 5.43. The lowest BCUT2D eigenvalue weighted by atomic mass is 10.0. The van der Waals surface area contributed by atoms with Gasteiger partial charge in [0.2, 0.25) is 5.91 Å². The lowest BCUT2D eigenvalue weighted by Crippen LogP contribution is -2.49. The van der Waals surface area contributed by atoms with Gasteiger partial charge in [0.05, 0.1) is 12.6 Å². The molecule has 0 aliphatic carbocycles. The summed E-state index contributed by atoms with van der Waals surface area (Å²) in [7, 11) is 0. The molecule has 0 saturated carbocycles. The van der Waals surface area contributed by atoms with Crippen molar-refractivity contribution in [1.82, 2.24) is 4.90 Å². The van der Waals surface area contributed by atoms with Crippen LogP contribution in [0.3, 0.4) is 0 Å². The second kappa shape index (κ2) is 4.93. The summed E-state index contributed by atoms with van der Waals surface area (Å²) in [5, 5.41) is 0. The third-order valence-corrected chi connectivity index (χ3v) is 3.45. The van der Waals surface area contributed by atoms with Gasteiger partial charge >= 0.3 is 0 Å². The molecule has 18 heavy (non-hydrogen) atoms. The van der Waals surface area contributed by atoms with E-state index in [2.05, 4.69) is 0 Å². The Labute approximate surface area is 105 Å². The number of hydrogen-bond acceptors (Lipinski definition) is 4. The third kappa shape index (κ3) is 2.27.